The fraction of sp³-hybridized carbons (Fsp3) is 0.545. The van der Waals surface area contributed by atoms with Crippen molar-refractivity contribution in [3.8, 4) is 5.75 Å². The number of rotatable bonds is 6. The SMILES string of the molecule is CN=C(NCc1ccccc1OC1CCC1)N1CCC(Cc2cnn(C)c2)C1.I. The van der Waals surface area contributed by atoms with Crippen LogP contribution in [0.5, 0.6) is 5.75 Å². The topological polar surface area (TPSA) is 54.7 Å². The van der Waals surface area contributed by atoms with E-state index in [1.54, 1.807) is 0 Å². The van der Waals surface area contributed by atoms with Crippen LogP contribution in [0.3, 0.4) is 0 Å². The van der Waals surface area contributed by atoms with Crippen LogP contribution in [0, 0.1) is 5.92 Å². The van der Waals surface area contributed by atoms with Gasteiger partial charge in [0.25, 0.3) is 0 Å². The van der Waals surface area contributed by atoms with E-state index in [0.29, 0.717) is 12.0 Å². The lowest BCUT2D eigenvalue weighted by molar-refractivity contribution is 0.119. The van der Waals surface area contributed by atoms with E-state index < -0.39 is 0 Å². The number of hydrogen-bond acceptors (Lipinski definition) is 3. The molecule has 7 heteroatoms. The zero-order valence-corrected chi connectivity index (χ0v) is 19.7. The van der Waals surface area contributed by atoms with Gasteiger partial charge in [-0.05, 0) is 49.7 Å². The first-order valence-corrected chi connectivity index (χ1v) is 10.4. The predicted molar refractivity (Wildman–Crippen MR) is 127 cm³/mol. The first-order chi connectivity index (χ1) is 13.7. The average Bonchev–Trinajstić information content (AvgIpc) is 3.29. The Balaban J connectivity index is 0.00000240. The molecule has 0 radical (unpaired) electrons. The summed E-state index contributed by atoms with van der Waals surface area (Å²) in [5, 5.41) is 7.83. The minimum Gasteiger partial charge on any atom is -0.490 e. The number of likely N-dealkylation sites (tertiary alicyclic amines) is 1. The van der Waals surface area contributed by atoms with Crippen LogP contribution < -0.4 is 10.1 Å². The molecule has 2 heterocycles. The number of guanidine groups is 1. The normalized spacial score (nSPS) is 19.6. The van der Waals surface area contributed by atoms with E-state index in [-0.39, 0.29) is 24.0 Å². The van der Waals surface area contributed by atoms with Crippen molar-refractivity contribution in [3.63, 3.8) is 0 Å². The number of aromatic nitrogens is 2. The molecule has 2 aliphatic rings. The zero-order chi connectivity index (χ0) is 19.3. The molecule has 6 nitrogen and oxygen atoms in total. The monoisotopic (exact) mass is 509 g/mol. The lowest BCUT2D eigenvalue weighted by Gasteiger charge is -2.28. The number of ether oxygens (including phenoxy) is 1. The van der Waals surface area contributed by atoms with Crippen molar-refractivity contribution in [2.75, 3.05) is 20.1 Å². The first kappa shape index (κ1) is 21.9. The van der Waals surface area contributed by atoms with E-state index in [9.17, 15) is 0 Å². The number of benzene rings is 1. The van der Waals surface area contributed by atoms with Gasteiger partial charge < -0.3 is 15.0 Å². The van der Waals surface area contributed by atoms with Crippen LogP contribution in [0.4, 0.5) is 0 Å². The lowest BCUT2D eigenvalue weighted by Crippen LogP contribution is -2.39. The number of halogens is 1. The fourth-order valence-electron chi connectivity index (χ4n) is 4.04. The van der Waals surface area contributed by atoms with Gasteiger partial charge in [0, 0.05) is 45.5 Å². The number of nitrogens with zero attached hydrogens (tertiary/aromatic N) is 4. The molecule has 158 valence electrons. The quantitative estimate of drug-likeness (QED) is 0.368. The molecule has 1 aromatic carbocycles. The molecule has 2 aromatic rings. The number of hydrogen-bond donors (Lipinski definition) is 1. The zero-order valence-electron chi connectivity index (χ0n) is 17.4. The molecule has 1 aromatic heterocycles. The molecule has 1 N–H and O–H groups in total. The molecule has 0 amide bonds. The Hall–Kier alpha value is -1.77. The Morgan fingerprint density at radius 2 is 2.10 bits per heavy atom. The van der Waals surface area contributed by atoms with Gasteiger partial charge in [-0.15, -0.1) is 24.0 Å². The molecule has 4 rings (SSSR count). The Morgan fingerprint density at radius 1 is 1.28 bits per heavy atom. The van der Waals surface area contributed by atoms with Crippen molar-refractivity contribution in [2.24, 2.45) is 18.0 Å². The van der Waals surface area contributed by atoms with Crippen molar-refractivity contribution in [1.82, 2.24) is 20.0 Å². The summed E-state index contributed by atoms with van der Waals surface area (Å²) in [7, 11) is 3.84. The minimum atomic E-state index is 0. The molecule has 1 atom stereocenters. The number of aryl methyl sites for hydroxylation is 1. The molecular formula is C22H32IN5O. The Kier molecular flexibility index (Phi) is 7.80. The second-order valence-electron chi connectivity index (χ2n) is 8.01. The highest BCUT2D eigenvalue weighted by Gasteiger charge is 2.25. The molecule has 0 bridgehead atoms. The highest BCUT2D eigenvalue weighted by atomic mass is 127. The van der Waals surface area contributed by atoms with E-state index in [4.69, 9.17) is 4.74 Å². The fourth-order valence-corrected chi connectivity index (χ4v) is 4.04. The number of nitrogens with one attached hydrogen (secondary N) is 1. The van der Waals surface area contributed by atoms with E-state index in [2.05, 4.69) is 50.8 Å². The maximum absolute atomic E-state index is 6.16. The van der Waals surface area contributed by atoms with Crippen LogP contribution in [-0.2, 0) is 20.0 Å². The molecule has 1 unspecified atom stereocenters. The van der Waals surface area contributed by atoms with Gasteiger partial charge in [0.15, 0.2) is 5.96 Å². The molecular weight excluding hydrogens is 477 g/mol. The minimum absolute atomic E-state index is 0. The summed E-state index contributed by atoms with van der Waals surface area (Å²) >= 11 is 0. The van der Waals surface area contributed by atoms with Crippen LogP contribution in [0.2, 0.25) is 0 Å². The van der Waals surface area contributed by atoms with Gasteiger partial charge in [-0.25, -0.2) is 0 Å². The average molecular weight is 509 g/mol. The van der Waals surface area contributed by atoms with E-state index in [0.717, 1.165) is 37.8 Å². The lowest BCUT2D eigenvalue weighted by atomic mass is 9.96. The summed E-state index contributed by atoms with van der Waals surface area (Å²) in [5.41, 5.74) is 2.51. The Labute approximate surface area is 190 Å². The summed E-state index contributed by atoms with van der Waals surface area (Å²) in [6, 6.07) is 8.35. The maximum atomic E-state index is 6.16. The second kappa shape index (κ2) is 10.3. The van der Waals surface area contributed by atoms with Crippen molar-refractivity contribution in [3.05, 3.63) is 47.8 Å². The molecule has 1 aliphatic heterocycles. The van der Waals surface area contributed by atoms with E-state index in [1.807, 2.05) is 25.0 Å². The van der Waals surface area contributed by atoms with Gasteiger partial charge in [-0.1, -0.05) is 18.2 Å². The summed E-state index contributed by atoms with van der Waals surface area (Å²) in [4.78, 5) is 6.89. The van der Waals surface area contributed by atoms with Crippen molar-refractivity contribution in [2.45, 2.75) is 44.8 Å². The third-order valence-electron chi connectivity index (χ3n) is 5.84. The third-order valence-corrected chi connectivity index (χ3v) is 5.84. The van der Waals surface area contributed by atoms with E-state index >= 15 is 0 Å². The van der Waals surface area contributed by atoms with Crippen LogP contribution >= 0.6 is 24.0 Å². The van der Waals surface area contributed by atoms with Crippen molar-refractivity contribution in [1.29, 1.82) is 0 Å². The number of para-hydroxylation sites is 1. The van der Waals surface area contributed by atoms with Gasteiger partial charge in [-0.2, -0.15) is 5.10 Å². The Morgan fingerprint density at radius 3 is 2.79 bits per heavy atom. The Bertz CT molecular complexity index is 817. The smallest absolute Gasteiger partial charge is 0.193 e. The largest absolute Gasteiger partial charge is 0.490 e. The van der Waals surface area contributed by atoms with Gasteiger partial charge in [0.2, 0.25) is 0 Å². The predicted octanol–water partition coefficient (Wildman–Crippen LogP) is 3.61. The summed E-state index contributed by atoms with van der Waals surface area (Å²) in [6.07, 6.45) is 10.4. The second-order valence-corrected chi connectivity index (χ2v) is 8.01. The van der Waals surface area contributed by atoms with E-state index in [1.165, 1.54) is 36.8 Å². The molecule has 0 spiro atoms. The standard InChI is InChI=1S/C22H31N5O.HI/c1-23-22(27-11-10-17(16-27)12-18-13-25-26(2)15-18)24-14-19-6-3-4-9-21(19)28-20-7-5-8-20;/h3-4,6,9,13,15,17,20H,5,7-8,10-12,14,16H2,1-2H3,(H,23,24);1H. The van der Waals surface area contributed by atoms with Crippen molar-refractivity contribution < 1.29 is 4.74 Å². The molecule has 1 saturated heterocycles. The van der Waals surface area contributed by atoms with Gasteiger partial charge >= 0.3 is 0 Å². The van der Waals surface area contributed by atoms with Gasteiger partial charge in [0.05, 0.1) is 12.3 Å². The maximum Gasteiger partial charge on any atom is 0.193 e. The van der Waals surface area contributed by atoms with Crippen molar-refractivity contribution >= 4 is 29.9 Å². The highest BCUT2D eigenvalue weighted by Crippen LogP contribution is 2.27. The van der Waals surface area contributed by atoms with Crippen LogP contribution in [0.15, 0.2) is 41.7 Å². The van der Waals surface area contributed by atoms with Gasteiger partial charge in [-0.3, -0.25) is 9.67 Å². The van der Waals surface area contributed by atoms with Crippen LogP contribution in [0.25, 0.3) is 0 Å². The molecule has 1 aliphatic carbocycles. The summed E-state index contributed by atoms with van der Waals surface area (Å²) in [6.45, 7) is 2.82. The molecule has 1 saturated carbocycles. The molecule has 2 fully saturated rings. The summed E-state index contributed by atoms with van der Waals surface area (Å²) in [5.74, 6) is 2.63. The van der Waals surface area contributed by atoms with Crippen LogP contribution in [-0.4, -0.2) is 46.9 Å². The molecule has 29 heavy (non-hydrogen) atoms. The van der Waals surface area contributed by atoms with Crippen LogP contribution in [0.1, 0.15) is 36.8 Å². The number of aliphatic imine (C=N–C) groups is 1. The third kappa shape index (κ3) is 5.65. The van der Waals surface area contributed by atoms with Gasteiger partial charge in [0.1, 0.15) is 5.75 Å². The highest BCUT2D eigenvalue weighted by molar-refractivity contribution is 14.0. The summed E-state index contributed by atoms with van der Waals surface area (Å²) < 4.78 is 8.04. The first-order valence-electron chi connectivity index (χ1n) is 10.4.